The molecule has 0 aromatic carbocycles. The maximum Gasteiger partial charge on any atom is 0.323 e. The lowest BCUT2D eigenvalue weighted by atomic mass is 10.3. The highest BCUT2D eigenvalue weighted by molar-refractivity contribution is 9.10. The molecule has 92 valence electrons. The smallest absolute Gasteiger partial charge is 0.323 e. The van der Waals surface area contributed by atoms with E-state index in [0.717, 1.165) is 4.47 Å². The van der Waals surface area contributed by atoms with E-state index in [1.165, 1.54) is 0 Å². The zero-order valence-corrected chi connectivity index (χ0v) is 11.1. The van der Waals surface area contributed by atoms with Crippen LogP contribution in [0.4, 0.5) is 10.6 Å². The first-order chi connectivity index (χ1) is 8.15. The molecule has 2 amide bonds. The zero-order chi connectivity index (χ0) is 12.3. The van der Waals surface area contributed by atoms with Crippen LogP contribution in [0.5, 0.6) is 0 Å². The molecule has 1 saturated heterocycles. The van der Waals surface area contributed by atoms with Crippen molar-refractivity contribution in [1.29, 1.82) is 0 Å². The van der Waals surface area contributed by atoms with Gasteiger partial charge < -0.3 is 9.64 Å². The monoisotopic (exact) mass is 299 g/mol. The van der Waals surface area contributed by atoms with E-state index in [1.807, 2.05) is 13.0 Å². The molecule has 2 heterocycles. The number of hydrogen-bond donors (Lipinski definition) is 1. The number of nitrogens with one attached hydrogen (secondary N) is 1. The lowest BCUT2D eigenvalue weighted by molar-refractivity contribution is -0.00139. The summed E-state index contributed by atoms with van der Waals surface area (Å²) in [6, 6.07) is 3.46. The molecule has 1 aromatic rings. The topological polar surface area (TPSA) is 54.5 Å². The molecule has 6 heteroatoms. The van der Waals surface area contributed by atoms with E-state index in [0.29, 0.717) is 25.5 Å². The lowest BCUT2D eigenvalue weighted by Crippen LogP contribution is -2.46. The first kappa shape index (κ1) is 12.3. The molecule has 0 bridgehead atoms. The Morgan fingerprint density at radius 2 is 2.47 bits per heavy atom. The largest absolute Gasteiger partial charge is 0.375 e. The van der Waals surface area contributed by atoms with Gasteiger partial charge in [-0.05, 0) is 35.0 Å². The Balaban J connectivity index is 1.94. The van der Waals surface area contributed by atoms with Crippen molar-refractivity contribution in [3.8, 4) is 0 Å². The Labute approximate surface area is 108 Å². The number of carbonyl (C=O) groups excluding carboxylic acids is 1. The van der Waals surface area contributed by atoms with E-state index >= 15 is 0 Å². The number of anilines is 1. The summed E-state index contributed by atoms with van der Waals surface area (Å²) in [7, 11) is 0. The summed E-state index contributed by atoms with van der Waals surface area (Å²) in [4.78, 5) is 17.7. The summed E-state index contributed by atoms with van der Waals surface area (Å²) in [6.45, 7) is 3.77. The molecule has 0 radical (unpaired) electrons. The summed E-state index contributed by atoms with van der Waals surface area (Å²) in [5.41, 5.74) is 0. The Kier molecular flexibility index (Phi) is 3.96. The van der Waals surface area contributed by atoms with Gasteiger partial charge in [0.05, 0.1) is 12.7 Å². The van der Waals surface area contributed by atoms with Gasteiger partial charge in [-0.15, -0.1) is 0 Å². The summed E-state index contributed by atoms with van der Waals surface area (Å²) < 4.78 is 6.27. The number of halogens is 1. The van der Waals surface area contributed by atoms with Crippen LogP contribution >= 0.6 is 15.9 Å². The quantitative estimate of drug-likeness (QED) is 0.864. The van der Waals surface area contributed by atoms with Crippen molar-refractivity contribution in [2.45, 2.75) is 13.0 Å². The molecule has 1 aliphatic heterocycles. The molecule has 1 unspecified atom stereocenters. The second-order valence-corrected chi connectivity index (χ2v) is 4.83. The van der Waals surface area contributed by atoms with Gasteiger partial charge in [0, 0.05) is 23.8 Å². The van der Waals surface area contributed by atoms with Gasteiger partial charge in [0.15, 0.2) is 0 Å². The number of carbonyl (C=O) groups is 1. The molecule has 0 spiro atoms. The van der Waals surface area contributed by atoms with E-state index in [9.17, 15) is 4.79 Å². The van der Waals surface area contributed by atoms with Gasteiger partial charge in [0.25, 0.3) is 0 Å². The van der Waals surface area contributed by atoms with Crippen LogP contribution in [0.1, 0.15) is 6.92 Å². The summed E-state index contributed by atoms with van der Waals surface area (Å²) in [5, 5.41) is 2.76. The van der Waals surface area contributed by atoms with Crippen LogP contribution in [0.2, 0.25) is 0 Å². The molecule has 1 fully saturated rings. The number of rotatable bonds is 1. The zero-order valence-electron chi connectivity index (χ0n) is 9.52. The molecule has 0 saturated carbocycles. The SMILES string of the molecule is CC1CN(C(=O)Nc2ccc(Br)cn2)CCO1. The summed E-state index contributed by atoms with van der Waals surface area (Å²) in [5.74, 6) is 0.553. The summed E-state index contributed by atoms with van der Waals surface area (Å²) in [6.07, 6.45) is 1.74. The Morgan fingerprint density at radius 1 is 1.65 bits per heavy atom. The van der Waals surface area contributed by atoms with Crippen LogP contribution < -0.4 is 5.32 Å². The van der Waals surface area contributed by atoms with E-state index < -0.39 is 0 Å². The fourth-order valence-electron chi connectivity index (χ4n) is 1.64. The van der Waals surface area contributed by atoms with Crippen LogP contribution in [0.25, 0.3) is 0 Å². The number of nitrogens with zero attached hydrogens (tertiary/aromatic N) is 2. The number of aromatic nitrogens is 1. The minimum Gasteiger partial charge on any atom is -0.375 e. The van der Waals surface area contributed by atoms with Crippen molar-refractivity contribution in [3.05, 3.63) is 22.8 Å². The maximum atomic E-state index is 11.9. The molecular formula is C11H14BrN3O2. The molecule has 17 heavy (non-hydrogen) atoms. The van der Waals surface area contributed by atoms with Crippen molar-refractivity contribution >= 4 is 27.8 Å². The van der Waals surface area contributed by atoms with Crippen LogP contribution in [-0.2, 0) is 4.74 Å². The number of ether oxygens (including phenoxy) is 1. The van der Waals surface area contributed by atoms with Gasteiger partial charge in [-0.3, -0.25) is 5.32 Å². The fraction of sp³-hybridized carbons (Fsp3) is 0.455. The van der Waals surface area contributed by atoms with Gasteiger partial charge in [0.1, 0.15) is 5.82 Å². The normalized spacial score (nSPS) is 20.1. The highest BCUT2D eigenvalue weighted by Gasteiger charge is 2.21. The molecule has 2 rings (SSSR count). The minimum absolute atomic E-state index is 0.0902. The fourth-order valence-corrected chi connectivity index (χ4v) is 1.88. The number of pyridine rings is 1. The third kappa shape index (κ3) is 3.41. The number of amides is 2. The van der Waals surface area contributed by atoms with Gasteiger partial charge in [-0.1, -0.05) is 0 Å². The van der Waals surface area contributed by atoms with Crippen LogP contribution in [-0.4, -0.2) is 41.7 Å². The summed E-state index contributed by atoms with van der Waals surface area (Å²) >= 11 is 3.29. The molecule has 0 aliphatic carbocycles. The second kappa shape index (κ2) is 5.46. The number of urea groups is 1. The van der Waals surface area contributed by atoms with Crippen LogP contribution in [0.15, 0.2) is 22.8 Å². The molecule has 1 N–H and O–H groups in total. The maximum absolute atomic E-state index is 11.9. The van der Waals surface area contributed by atoms with E-state index in [4.69, 9.17) is 4.74 Å². The standard InChI is InChI=1S/C11H14BrN3O2/c1-8-7-15(4-5-17-8)11(16)14-10-3-2-9(12)6-13-10/h2-3,6,8H,4-5,7H2,1H3,(H,13,14,16). The first-order valence-corrected chi connectivity index (χ1v) is 6.23. The van der Waals surface area contributed by atoms with Crippen molar-refractivity contribution in [3.63, 3.8) is 0 Å². The lowest BCUT2D eigenvalue weighted by Gasteiger charge is -2.30. The highest BCUT2D eigenvalue weighted by atomic mass is 79.9. The van der Waals surface area contributed by atoms with Gasteiger partial charge in [-0.25, -0.2) is 9.78 Å². The Morgan fingerprint density at radius 3 is 3.12 bits per heavy atom. The minimum atomic E-state index is -0.130. The van der Waals surface area contributed by atoms with Crippen molar-refractivity contribution in [2.75, 3.05) is 25.0 Å². The number of morpholine rings is 1. The van der Waals surface area contributed by atoms with Gasteiger partial charge >= 0.3 is 6.03 Å². The molecule has 5 nitrogen and oxygen atoms in total. The van der Waals surface area contributed by atoms with E-state index in [1.54, 1.807) is 17.2 Å². The van der Waals surface area contributed by atoms with Crippen molar-refractivity contribution in [1.82, 2.24) is 9.88 Å². The average molecular weight is 300 g/mol. The first-order valence-electron chi connectivity index (χ1n) is 5.44. The molecule has 1 atom stereocenters. The Hall–Kier alpha value is -1.14. The van der Waals surface area contributed by atoms with Crippen LogP contribution in [0, 0.1) is 0 Å². The van der Waals surface area contributed by atoms with Crippen LogP contribution in [0.3, 0.4) is 0 Å². The third-order valence-corrected chi connectivity index (χ3v) is 2.96. The molecular weight excluding hydrogens is 286 g/mol. The van der Waals surface area contributed by atoms with E-state index in [2.05, 4.69) is 26.2 Å². The predicted octanol–water partition coefficient (Wildman–Crippen LogP) is 2.10. The molecule has 1 aliphatic rings. The Bertz CT molecular complexity index is 396. The van der Waals surface area contributed by atoms with E-state index in [-0.39, 0.29) is 12.1 Å². The average Bonchev–Trinajstić information content (AvgIpc) is 2.32. The third-order valence-electron chi connectivity index (χ3n) is 2.49. The predicted molar refractivity (Wildman–Crippen MR) is 67.9 cm³/mol. The van der Waals surface area contributed by atoms with Crippen molar-refractivity contribution in [2.24, 2.45) is 0 Å². The number of hydrogen-bond acceptors (Lipinski definition) is 3. The van der Waals surface area contributed by atoms with Crippen molar-refractivity contribution < 1.29 is 9.53 Å². The molecule has 1 aromatic heterocycles. The highest BCUT2D eigenvalue weighted by Crippen LogP contribution is 2.12. The van der Waals surface area contributed by atoms with Gasteiger partial charge in [0.2, 0.25) is 0 Å². The second-order valence-electron chi connectivity index (χ2n) is 3.92. The van der Waals surface area contributed by atoms with Gasteiger partial charge in [-0.2, -0.15) is 0 Å².